The topological polar surface area (TPSA) is 42.7 Å². The highest BCUT2D eigenvalue weighted by Gasteiger charge is 2.06. The summed E-state index contributed by atoms with van der Waals surface area (Å²) in [5.41, 5.74) is 4.08. The summed E-state index contributed by atoms with van der Waals surface area (Å²) in [6.45, 7) is 8.34. The van der Waals surface area contributed by atoms with Crippen molar-refractivity contribution < 1.29 is 0 Å². The van der Waals surface area contributed by atoms with E-state index in [0.29, 0.717) is 5.92 Å². The Morgan fingerprint density at radius 3 is 2.94 bits per heavy atom. The molecule has 98 valence electrons. The Balaban J connectivity index is 1.91. The monoisotopic (exact) mass is 264 g/mol. The molecular weight excluding hydrogens is 244 g/mol. The van der Waals surface area contributed by atoms with Gasteiger partial charge in [-0.3, -0.25) is 0 Å². The average molecular weight is 264 g/mol. The summed E-state index contributed by atoms with van der Waals surface area (Å²) >= 11 is 1.64. The maximum absolute atomic E-state index is 4.52. The Morgan fingerprint density at radius 1 is 1.44 bits per heavy atom. The van der Waals surface area contributed by atoms with Gasteiger partial charge in [-0.25, -0.2) is 9.97 Å². The van der Waals surface area contributed by atoms with Crippen LogP contribution in [0.25, 0.3) is 0 Å². The van der Waals surface area contributed by atoms with Crippen LogP contribution >= 0.6 is 11.3 Å². The molecule has 2 rings (SSSR count). The number of anilines is 1. The summed E-state index contributed by atoms with van der Waals surface area (Å²) < 4.78 is 2.20. The minimum atomic E-state index is 0.623. The molecule has 0 aromatic carbocycles. The molecule has 0 bridgehead atoms. The first-order valence-corrected chi connectivity index (χ1v) is 7.24. The summed E-state index contributed by atoms with van der Waals surface area (Å²) in [6.07, 6.45) is 3.04. The third kappa shape index (κ3) is 3.57. The zero-order chi connectivity index (χ0) is 13.0. The minimum Gasteiger partial charge on any atom is -0.355 e. The van der Waals surface area contributed by atoms with Gasteiger partial charge in [-0.2, -0.15) is 0 Å². The van der Waals surface area contributed by atoms with Gasteiger partial charge in [0.2, 0.25) is 5.95 Å². The van der Waals surface area contributed by atoms with Crippen molar-refractivity contribution in [3.63, 3.8) is 0 Å². The fourth-order valence-electron chi connectivity index (χ4n) is 1.88. The molecule has 0 aliphatic carbocycles. The molecule has 2 aromatic rings. The maximum atomic E-state index is 4.52. The Hall–Kier alpha value is -1.36. The molecule has 0 saturated heterocycles. The number of rotatable bonds is 6. The van der Waals surface area contributed by atoms with Gasteiger partial charge in [0.1, 0.15) is 0 Å². The van der Waals surface area contributed by atoms with Crippen LogP contribution in [-0.4, -0.2) is 21.1 Å². The van der Waals surface area contributed by atoms with Gasteiger partial charge in [-0.1, -0.05) is 13.8 Å². The zero-order valence-corrected chi connectivity index (χ0v) is 12.0. The average Bonchev–Trinajstić information content (AvgIpc) is 2.89. The van der Waals surface area contributed by atoms with Gasteiger partial charge in [0.15, 0.2) is 0 Å². The summed E-state index contributed by atoms with van der Waals surface area (Å²) in [7, 11) is 0. The van der Waals surface area contributed by atoms with Crippen molar-refractivity contribution >= 4 is 17.3 Å². The van der Waals surface area contributed by atoms with Gasteiger partial charge in [-0.15, -0.1) is 11.3 Å². The summed E-state index contributed by atoms with van der Waals surface area (Å²) in [6, 6.07) is 0. The molecule has 4 nitrogen and oxygen atoms in total. The van der Waals surface area contributed by atoms with Crippen molar-refractivity contribution in [1.29, 1.82) is 0 Å². The van der Waals surface area contributed by atoms with Crippen molar-refractivity contribution in [1.82, 2.24) is 14.5 Å². The van der Waals surface area contributed by atoms with Crippen LogP contribution < -0.4 is 5.32 Å². The molecule has 5 heteroatoms. The summed E-state index contributed by atoms with van der Waals surface area (Å²) in [5.74, 6) is 1.59. The minimum absolute atomic E-state index is 0.623. The first-order chi connectivity index (χ1) is 8.65. The lowest BCUT2D eigenvalue weighted by molar-refractivity contribution is 0.526. The molecule has 0 spiro atoms. The predicted octanol–water partition coefficient (Wildman–Crippen LogP) is 2.96. The third-order valence-electron chi connectivity index (χ3n) is 2.61. The van der Waals surface area contributed by atoms with E-state index in [2.05, 4.69) is 45.3 Å². The van der Waals surface area contributed by atoms with Crippen molar-refractivity contribution in [2.24, 2.45) is 5.92 Å². The van der Waals surface area contributed by atoms with Gasteiger partial charge in [-0.05, 0) is 12.8 Å². The highest BCUT2D eigenvalue weighted by atomic mass is 32.1. The molecule has 0 radical (unpaired) electrons. The van der Waals surface area contributed by atoms with E-state index in [1.807, 2.05) is 12.4 Å². The van der Waals surface area contributed by atoms with Gasteiger partial charge in [0.05, 0.1) is 16.9 Å². The standard InChI is InChI=1S/C13H20N4S/c1-10(2)6-17-7-11(3)16-13(17)14-5-4-12-8-18-9-15-12/h7-10H,4-6H2,1-3H3,(H,14,16). The van der Waals surface area contributed by atoms with Gasteiger partial charge >= 0.3 is 0 Å². The molecule has 0 unspecified atom stereocenters. The summed E-state index contributed by atoms with van der Waals surface area (Å²) in [5, 5.41) is 5.49. The first-order valence-electron chi connectivity index (χ1n) is 6.30. The van der Waals surface area contributed by atoms with Crippen LogP contribution in [0.5, 0.6) is 0 Å². The van der Waals surface area contributed by atoms with Crippen LogP contribution in [0.2, 0.25) is 0 Å². The van der Waals surface area contributed by atoms with Crippen LogP contribution in [0.4, 0.5) is 5.95 Å². The molecule has 2 heterocycles. The zero-order valence-electron chi connectivity index (χ0n) is 11.2. The SMILES string of the molecule is Cc1cn(CC(C)C)c(NCCc2cscn2)n1. The van der Waals surface area contributed by atoms with Crippen LogP contribution in [0.3, 0.4) is 0 Å². The van der Waals surface area contributed by atoms with E-state index < -0.39 is 0 Å². The highest BCUT2D eigenvalue weighted by molar-refractivity contribution is 7.07. The van der Waals surface area contributed by atoms with E-state index >= 15 is 0 Å². The van der Waals surface area contributed by atoms with E-state index in [4.69, 9.17) is 0 Å². The molecule has 0 aliphatic heterocycles. The van der Waals surface area contributed by atoms with E-state index in [0.717, 1.165) is 36.8 Å². The van der Waals surface area contributed by atoms with Crippen molar-refractivity contribution in [2.45, 2.75) is 33.7 Å². The lowest BCUT2D eigenvalue weighted by Crippen LogP contribution is -2.12. The van der Waals surface area contributed by atoms with Gasteiger partial charge < -0.3 is 9.88 Å². The number of aromatic nitrogens is 3. The molecule has 2 aromatic heterocycles. The Morgan fingerprint density at radius 2 is 2.28 bits per heavy atom. The lowest BCUT2D eigenvalue weighted by Gasteiger charge is -2.11. The number of thiazole rings is 1. The van der Waals surface area contributed by atoms with Crippen LogP contribution in [-0.2, 0) is 13.0 Å². The number of imidazole rings is 1. The Bertz CT molecular complexity index is 473. The van der Waals surface area contributed by atoms with Crippen LogP contribution in [0, 0.1) is 12.8 Å². The van der Waals surface area contributed by atoms with E-state index in [9.17, 15) is 0 Å². The fraction of sp³-hybridized carbons (Fsp3) is 0.538. The smallest absolute Gasteiger partial charge is 0.203 e. The number of aryl methyl sites for hydroxylation is 1. The maximum Gasteiger partial charge on any atom is 0.203 e. The molecule has 1 N–H and O–H groups in total. The Kier molecular flexibility index (Phi) is 4.36. The molecule has 0 aliphatic rings. The number of nitrogens with one attached hydrogen (secondary N) is 1. The molecule has 0 saturated carbocycles. The molecule has 0 amide bonds. The van der Waals surface area contributed by atoms with E-state index in [1.54, 1.807) is 11.3 Å². The van der Waals surface area contributed by atoms with E-state index in [1.165, 1.54) is 0 Å². The molecule has 0 fully saturated rings. The summed E-state index contributed by atoms with van der Waals surface area (Å²) in [4.78, 5) is 8.79. The van der Waals surface area contributed by atoms with Crippen molar-refractivity contribution in [3.8, 4) is 0 Å². The molecule has 0 atom stereocenters. The quantitative estimate of drug-likeness (QED) is 0.872. The highest BCUT2D eigenvalue weighted by Crippen LogP contribution is 2.11. The largest absolute Gasteiger partial charge is 0.355 e. The van der Waals surface area contributed by atoms with Crippen LogP contribution in [0.15, 0.2) is 17.1 Å². The third-order valence-corrected chi connectivity index (χ3v) is 3.24. The second kappa shape index (κ2) is 6.00. The van der Waals surface area contributed by atoms with Gasteiger partial charge in [0, 0.05) is 31.1 Å². The first kappa shape index (κ1) is 13.1. The van der Waals surface area contributed by atoms with Crippen molar-refractivity contribution in [2.75, 3.05) is 11.9 Å². The Labute approximate surface area is 112 Å². The fourth-order valence-corrected chi connectivity index (χ4v) is 2.48. The van der Waals surface area contributed by atoms with Crippen molar-refractivity contribution in [3.05, 3.63) is 28.5 Å². The lowest BCUT2D eigenvalue weighted by atomic mass is 10.2. The molecule has 18 heavy (non-hydrogen) atoms. The van der Waals surface area contributed by atoms with Crippen LogP contribution in [0.1, 0.15) is 25.2 Å². The van der Waals surface area contributed by atoms with E-state index in [-0.39, 0.29) is 0 Å². The molecular formula is C13H20N4S. The second-order valence-corrected chi connectivity index (χ2v) is 5.63. The number of hydrogen-bond acceptors (Lipinski definition) is 4. The normalized spacial score (nSPS) is 11.1. The number of hydrogen-bond donors (Lipinski definition) is 1. The predicted molar refractivity (Wildman–Crippen MR) is 76.1 cm³/mol. The second-order valence-electron chi connectivity index (χ2n) is 4.91. The number of nitrogens with zero attached hydrogens (tertiary/aromatic N) is 3. The van der Waals surface area contributed by atoms with Gasteiger partial charge in [0.25, 0.3) is 0 Å².